The number of pyridine rings is 2. The van der Waals surface area contributed by atoms with Crippen molar-refractivity contribution in [2.45, 2.75) is 13.8 Å². The molecule has 2 aromatic heterocycles. The molecule has 294 valence electrons. The van der Waals surface area contributed by atoms with Crippen LogP contribution in [0.3, 0.4) is 0 Å². The molecule has 0 aliphatic heterocycles. The van der Waals surface area contributed by atoms with E-state index in [4.69, 9.17) is 9.97 Å². The summed E-state index contributed by atoms with van der Waals surface area (Å²) < 4.78 is 0. The summed E-state index contributed by atoms with van der Waals surface area (Å²) in [5, 5.41) is 0. The van der Waals surface area contributed by atoms with Gasteiger partial charge in [-0.15, -0.1) is 0 Å². The highest BCUT2D eigenvalue weighted by molar-refractivity contribution is 6.02. The monoisotopic (exact) mass is 792 g/mol. The highest BCUT2D eigenvalue weighted by atomic mass is 14.7. The van der Waals surface area contributed by atoms with Gasteiger partial charge in [0, 0.05) is 23.5 Å². The molecule has 2 nitrogen and oxygen atoms in total. The van der Waals surface area contributed by atoms with E-state index in [2.05, 4.69) is 220 Å². The lowest BCUT2D eigenvalue weighted by Gasteiger charge is -2.22. The Bertz CT molecular complexity index is 2960. The zero-order valence-corrected chi connectivity index (χ0v) is 34.8. The topological polar surface area (TPSA) is 25.8 Å². The van der Waals surface area contributed by atoms with E-state index >= 15 is 0 Å². The average Bonchev–Trinajstić information content (AvgIpc) is 3.34. The molecule has 0 aliphatic carbocycles. The molecule has 62 heavy (non-hydrogen) atoms. The Morgan fingerprint density at radius 3 is 1.11 bits per heavy atom. The molecule has 0 N–H and O–H groups in total. The highest BCUT2D eigenvalue weighted by Crippen LogP contribution is 2.47. The van der Waals surface area contributed by atoms with Gasteiger partial charge >= 0.3 is 0 Å². The molecular formula is C60H44N2. The Morgan fingerprint density at radius 2 is 0.661 bits per heavy atom. The molecule has 0 saturated carbocycles. The van der Waals surface area contributed by atoms with Gasteiger partial charge < -0.3 is 0 Å². The summed E-state index contributed by atoms with van der Waals surface area (Å²) in [6, 6.07) is 78.8. The third-order valence-electron chi connectivity index (χ3n) is 11.7. The van der Waals surface area contributed by atoms with Crippen molar-refractivity contribution in [2.24, 2.45) is 0 Å². The first-order chi connectivity index (χ1) is 30.6. The van der Waals surface area contributed by atoms with Crippen molar-refractivity contribution in [1.82, 2.24) is 9.97 Å². The lowest BCUT2D eigenvalue weighted by molar-refractivity contribution is 1.33. The number of hydrogen-bond acceptors (Lipinski definition) is 2. The SMILES string of the molecule is Cc1cc(C)cc(-c2c(-c3ccc(-c4ccccn4)cc3-c3cccc(-c4ccccc4)c3)cccc2-c2ccc(-c3ccccn3)cc2-c2cccc(-c3ccccc3)c2)c1. The maximum atomic E-state index is 4.78. The van der Waals surface area contributed by atoms with Crippen molar-refractivity contribution < 1.29 is 0 Å². The fourth-order valence-electron chi connectivity index (χ4n) is 8.85. The van der Waals surface area contributed by atoms with Gasteiger partial charge in [-0.2, -0.15) is 0 Å². The second-order valence-corrected chi connectivity index (χ2v) is 15.9. The summed E-state index contributed by atoms with van der Waals surface area (Å²) in [6.45, 7) is 4.40. The smallest absolute Gasteiger partial charge is 0.0702 e. The van der Waals surface area contributed by atoms with Gasteiger partial charge in [-0.3, -0.25) is 9.97 Å². The molecule has 10 aromatic rings. The van der Waals surface area contributed by atoms with Gasteiger partial charge in [0.05, 0.1) is 11.4 Å². The maximum absolute atomic E-state index is 4.78. The van der Waals surface area contributed by atoms with E-state index in [9.17, 15) is 0 Å². The van der Waals surface area contributed by atoms with E-state index in [1.54, 1.807) is 0 Å². The van der Waals surface area contributed by atoms with Crippen LogP contribution in [0.25, 0.3) is 100 Å². The maximum Gasteiger partial charge on any atom is 0.0702 e. The third-order valence-corrected chi connectivity index (χ3v) is 11.7. The van der Waals surface area contributed by atoms with Gasteiger partial charge in [0.15, 0.2) is 0 Å². The van der Waals surface area contributed by atoms with Gasteiger partial charge in [-0.1, -0.05) is 181 Å². The fraction of sp³-hybridized carbons (Fsp3) is 0.0333. The second kappa shape index (κ2) is 17.0. The van der Waals surface area contributed by atoms with Crippen LogP contribution in [0.15, 0.2) is 231 Å². The fourth-order valence-corrected chi connectivity index (χ4v) is 8.85. The van der Waals surface area contributed by atoms with Crippen LogP contribution in [-0.2, 0) is 0 Å². The second-order valence-electron chi connectivity index (χ2n) is 15.9. The van der Waals surface area contributed by atoms with Crippen molar-refractivity contribution >= 4 is 0 Å². The molecule has 0 unspecified atom stereocenters. The summed E-state index contributed by atoms with van der Waals surface area (Å²) in [6.07, 6.45) is 3.74. The van der Waals surface area contributed by atoms with Gasteiger partial charge in [-0.05, 0) is 140 Å². The summed E-state index contributed by atoms with van der Waals surface area (Å²) in [5.41, 5.74) is 22.8. The summed E-state index contributed by atoms with van der Waals surface area (Å²) in [5.74, 6) is 0. The van der Waals surface area contributed by atoms with Gasteiger partial charge in [0.2, 0.25) is 0 Å². The van der Waals surface area contributed by atoms with Crippen molar-refractivity contribution in [1.29, 1.82) is 0 Å². The first-order valence-electron chi connectivity index (χ1n) is 21.2. The van der Waals surface area contributed by atoms with E-state index in [1.165, 1.54) is 44.5 Å². The molecule has 0 saturated heterocycles. The molecule has 0 amide bonds. The standard InChI is InChI=1S/C60H44N2/c1-41-34-42(2)36-51(35-41)60-54(52-30-28-49(58-26-9-11-32-61-58)39-56(52)47-22-13-20-45(37-47)43-16-5-3-6-17-43)24-15-25-55(60)53-31-29-50(59-27-10-12-33-62-59)40-57(53)48-23-14-21-46(38-48)44-18-7-4-8-19-44/h3-40H,1-2H3. The van der Waals surface area contributed by atoms with E-state index in [0.29, 0.717) is 0 Å². The zero-order chi connectivity index (χ0) is 41.8. The Kier molecular flexibility index (Phi) is 10.5. The molecule has 0 spiro atoms. The average molecular weight is 793 g/mol. The number of nitrogens with zero attached hydrogens (tertiary/aromatic N) is 2. The Balaban J connectivity index is 1.25. The minimum absolute atomic E-state index is 0.943. The molecule has 10 rings (SSSR count). The molecule has 0 radical (unpaired) electrons. The third kappa shape index (κ3) is 7.78. The number of rotatable bonds is 9. The Hall–Kier alpha value is -7.94. The van der Waals surface area contributed by atoms with E-state index in [0.717, 1.165) is 67.0 Å². The lowest BCUT2D eigenvalue weighted by Crippen LogP contribution is -1.96. The van der Waals surface area contributed by atoms with Crippen LogP contribution in [-0.4, -0.2) is 9.97 Å². The molecule has 2 heteroatoms. The van der Waals surface area contributed by atoms with Crippen molar-refractivity contribution in [3.63, 3.8) is 0 Å². The molecular weight excluding hydrogens is 749 g/mol. The molecule has 0 aliphatic rings. The van der Waals surface area contributed by atoms with Gasteiger partial charge in [-0.25, -0.2) is 0 Å². The first-order valence-corrected chi connectivity index (χ1v) is 21.2. The largest absolute Gasteiger partial charge is 0.256 e. The van der Waals surface area contributed by atoms with Crippen LogP contribution in [0.4, 0.5) is 0 Å². The van der Waals surface area contributed by atoms with E-state index < -0.39 is 0 Å². The summed E-state index contributed by atoms with van der Waals surface area (Å²) in [7, 11) is 0. The van der Waals surface area contributed by atoms with Crippen LogP contribution >= 0.6 is 0 Å². The lowest BCUT2D eigenvalue weighted by atomic mass is 9.81. The predicted molar refractivity (Wildman–Crippen MR) is 260 cm³/mol. The first kappa shape index (κ1) is 38.3. The molecule has 0 bridgehead atoms. The van der Waals surface area contributed by atoms with Crippen molar-refractivity contribution in [3.05, 3.63) is 242 Å². The molecule has 0 atom stereocenters. The Morgan fingerprint density at radius 1 is 0.242 bits per heavy atom. The van der Waals surface area contributed by atoms with Crippen LogP contribution in [0, 0.1) is 13.8 Å². The predicted octanol–water partition coefficient (Wildman–Crippen LogP) is 16.1. The number of aromatic nitrogens is 2. The van der Waals surface area contributed by atoms with Crippen LogP contribution in [0.5, 0.6) is 0 Å². The minimum atomic E-state index is 0.943. The van der Waals surface area contributed by atoms with E-state index in [-0.39, 0.29) is 0 Å². The Labute approximate surface area is 364 Å². The van der Waals surface area contributed by atoms with Gasteiger partial charge in [0.1, 0.15) is 0 Å². The molecule has 8 aromatic carbocycles. The van der Waals surface area contributed by atoms with Crippen LogP contribution in [0.2, 0.25) is 0 Å². The van der Waals surface area contributed by atoms with E-state index in [1.807, 2.05) is 24.5 Å². The van der Waals surface area contributed by atoms with Crippen LogP contribution < -0.4 is 0 Å². The number of aryl methyl sites for hydroxylation is 2. The highest BCUT2D eigenvalue weighted by Gasteiger charge is 2.21. The quantitative estimate of drug-likeness (QED) is 0.145. The van der Waals surface area contributed by atoms with Crippen molar-refractivity contribution in [2.75, 3.05) is 0 Å². The zero-order valence-electron chi connectivity index (χ0n) is 34.8. The molecule has 2 heterocycles. The van der Waals surface area contributed by atoms with Crippen molar-refractivity contribution in [3.8, 4) is 100 Å². The number of benzene rings is 8. The summed E-state index contributed by atoms with van der Waals surface area (Å²) in [4.78, 5) is 9.56. The van der Waals surface area contributed by atoms with Gasteiger partial charge in [0.25, 0.3) is 0 Å². The minimum Gasteiger partial charge on any atom is -0.256 e. The normalized spacial score (nSPS) is 11.1. The number of hydrogen-bond donors (Lipinski definition) is 0. The summed E-state index contributed by atoms with van der Waals surface area (Å²) >= 11 is 0. The van der Waals surface area contributed by atoms with Crippen LogP contribution in [0.1, 0.15) is 11.1 Å². The molecule has 0 fully saturated rings.